The molecule has 1 aliphatic rings. The van der Waals surface area contributed by atoms with Gasteiger partial charge in [-0.2, -0.15) is 0 Å². The molecule has 0 N–H and O–H groups in total. The fourth-order valence-electron chi connectivity index (χ4n) is 4.27. The maximum Gasteiger partial charge on any atom is 0.274 e. The first-order valence-electron chi connectivity index (χ1n) is 11.0. The van der Waals surface area contributed by atoms with Gasteiger partial charge in [0, 0.05) is 28.8 Å². The Labute approximate surface area is 203 Å². The van der Waals surface area contributed by atoms with Crippen molar-refractivity contribution in [1.29, 1.82) is 0 Å². The maximum absolute atomic E-state index is 13.1. The number of anilines is 1. The van der Waals surface area contributed by atoms with E-state index in [1.807, 2.05) is 12.1 Å². The minimum Gasteiger partial charge on any atom is -0.542 e. The number of methoxy groups -OCH3 is 4. The van der Waals surface area contributed by atoms with E-state index < -0.39 is 15.1 Å². The maximum atomic E-state index is 13.1. The van der Waals surface area contributed by atoms with Crippen LogP contribution in [-0.4, -0.2) is 43.4 Å². The number of β-lactam (4-membered cyclic amide) rings is 1. The molecule has 0 bridgehead atoms. The molecule has 0 saturated carbocycles. The number of carbonyl (C=O) groups is 1. The van der Waals surface area contributed by atoms with Crippen LogP contribution < -0.4 is 28.3 Å². The fourth-order valence-corrected chi connectivity index (χ4v) is 4.90. The summed E-state index contributed by atoms with van der Waals surface area (Å²) in [4.78, 5) is 14.8. The van der Waals surface area contributed by atoms with Gasteiger partial charge in [0.15, 0.2) is 11.5 Å². The molecule has 1 fully saturated rings. The lowest BCUT2D eigenvalue weighted by Crippen LogP contribution is -2.49. The summed E-state index contributed by atoms with van der Waals surface area (Å²) in [5.41, 5.74) is 2.70. The van der Waals surface area contributed by atoms with Gasteiger partial charge in [-0.3, -0.25) is 9.69 Å². The Morgan fingerprint density at radius 3 is 1.88 bits per heavy atom. The second kappa shape index (κ2) is 9.62. The van der Waals surface area contributed by atoms with Crippen LogP contribution in [0.1, 0.15) is 37.9 Å². The second-order valence-corrected chi connectivity index (χ2v) is 11.3. The first-order valence-corrected chi connectivity index (χ1v) is 13.4. The number of hydrogen-bond donors (Lipinski definition) is 0. The van der Waals surface area contributed by atoms with Gasteiger partial charge in [0.25, 0.3) is 14.9 Å². The Bertz CT molecular complexity index is 1080. The van der Waals surface area contributed by atoms with Crippen molar-refractivity contribution < 1.29 is 28.2 Å². The normalized spacial score (nSPS) is 15.8. The fraction of sp³-hybridized carbons (Fsp3) is 0.423. The van der Waals surface area contributed by atoms with Crippen molar-refractivity contribution in [2.24, 2.45) is 0 Å². The summed E-state index contributed by atoms with van der Waals surface area (Å²) in [5, 5.41) is 0. The van der Waals surface area contributed by atoms with Crippen LogP contribution in [0.2, 0.25) is 13.1 Å². The van der Waals surface area contributed by atoms with E-state index >= 15 is 0 Å². The molecule has 1 amide bonds. The summed E-state index contributed by atoms with van der Waals surface area (Å²) in [6, 6.07) is 7.02. The third-order valence-corrected chi connectivity index (χ3v) is 6.34. The molecule has 1 heterocycles. The van der Waals surface area contributed by atoms with E-state index in [-0.39, 0.29) is 11.3 Å². The smallest absolute Gasteiger partial charge is 0.274 e. The monoisotopic (exact) mass is 484 g/mol. The van der Waals surface area contributed by atoms with Crippen LogP contribution in [0.5, 0.6) is 28.7 Å². The predicted molar refractivity (Wildman–Crippen MR) is 135 cm³/mol. The molecule has 0 unspecified atom stereocenters. The van der Waals surface area contributed by atoms with Gasteiger partial charge in [-0.05, 0) is 30.6 Å². The van der Waals surface area contributed by atoms with Crippen LogP contribution in [0.3, 0.4) is 0 Å². The third kappa shape index (κ3) is 4.34. The molecule has 2 aromatic rings. The van der Waals surface area contributed by atoms with Crippen LogP contribution in [0.15, 0.2) is 36.4 Å². The van der Waals surface area contributed by atoms with Crippen LogP contribution in [-0.2, 0) is 10.2 Å². The van der Waals surface area contributed by atoms with Gasteiger partial charge in [0.05, 0.1) is 40.2 Å². The second-order valence-electron chi connectivity index (χ2n) is 9.31. The first-order chi connectivity index (χ1) is 16.0. The lowest BCUT2D eigenvalue weighted by atomic mass is 9.80. The highest BCUT2D eigenvalue weighted by atomic mass is 28.3. The summed E-state index contributed by atoms with van der Waals surface area (Å²) in [5.74, 6) is 2.74. The molecule has 8 heteroatoms. The zero-order chi connectivity index (χ0) is 25.4. The van der Waals surface area contributed by atoms with Crippen molar-refractivity contribution in [2.75, 3.05) is 33.3 Å². The third-order valence-electron chi connectivity index (χ3n) is 5.73. The average molecular weight is 485 g/mol. The first kappa shape index (κ1) is 25.5. The van der Waals surface area contributed by atoms with Crippen molar-refractivity contribution in [1.82, 2.24) is 0 Å². The van der Waals surface area contributed by atoms with E-state index in [4.69, 9.17) is 23.4 Å². The summed E-state index contributed by atoms with van der Waals surface area (Å²) in [6.07, 6.45) is 0. The minimum atomic E-state index is -1.12. The van der Waals surface area contributed by atoms with Gasteiger partial charge in [-0.15, -0.1) is 0 Å². The zero-order valence-corrected chi connectivity index (χ0v) is 22.5. The van der Waals surface area contributed by atoms with E-state index in [0.29, 0.717) is 28.5 Å². The molecule has 0 aromatic heterocycles. The van der Waals surface area contributed by atoms with Crippen molar-refractivity contribution >= 4 is 20.6 Å². The van der Waals surface area contributed by atoms with Crippen LogP contribution >= 0.6 is 0 Å². The Hall–Kier alpha value is -3.13. The number of nitrogens with zero attached hydrogens (tertiary/aromatic N) is 1. The SMILES string of the molecule is C=C1C(=O)N(c2cc(OC)c(OC)c(OC)c2)[C@@H]1c1ccc(OC)c(C(C)(C)C)c1O[Si](C)C. The molecule has 1 aliphatic heterocycles. The van der Waals surface area contributed by atoms with E-state index in [1.165, 1.54) is 0 Å². The van der Waals surface area contributed by atoms with Gasteiger partial charge in [0.1, 0.15) is 11.5 Å². The lowest BCUT2D eigenvalue weighted by Gasteiger charge is -2.44. The summed E-state index contributed by atoms with van der Waals surface area (Å²) >= 11 is 0. The lowest BCUT2D eigenvalue weighted by molar-refractivity contribution is -0.119. The number of hydrogen-bond acceptors (Lipinski definition) is 6. The molecule has 0 spiro atoms. The van der Waals surface area contributed by atoms with E-state index in [9.17, 15) is 4.79 Å². The Morgan fingerprint density at radius 1 is 0.882 bits per heavy atom. The molecule has 1 atom stereocenters. The number of carbonyl (C=O) groups excluding carboxylic acids is 1. The molecule has 3 rings (SSSR count). The molecule has 34 heavy (non-hydrogen) atoms. The number of amides is 1. The van der Waals surface area contributed by atoms with Crippen LogP contribution in [0, 0.1) is 0 Å². The van der Waals surface area contributed by atoms with Crippen LogP contribution in [0.25, 0.3) is 0 Å². The highest BCUT2D eigenvalue weighted by molar-refractivity contribution is 6.49. The Kier molecular flexibility index (Phi) is 7.21. The Balaban J connectivity index is 2.24. The molecule has 1 saturated heterocycles. The van der Waals surface area contributed by atoms with Crippen molar-refractivity contribution in [3.63, 3.8) is 0 Å². The molecule has 2 aromatic carbocycles. The van der Waals surface area contributed by atoms with Gasteiger partial charge < -0.3 is 23.4 Å². The van der Waals surface area contributed by atoms with E-state index in [2.05, 4.69) is 40.4 Å². The standard InChI is InChI=1S/C26H34NO6Si/c1-15-22(17-11-12-18(29-5)21(26(2,3)4)23(17)33-34(9)10)27(25(15)28)16-13-19(30-6)24(32-8)20(14-16)31-7/h11-14,22H,1H2,2-10H3/t22-/m0/s1. The summed E-state index contributed by atoms with van der Waals surface area (Å²) in [7, 11) is 5.18. The molecular formula is C26H34NO6Si. The van der Waals surface area contributed by atoms with Crippen molar-refractivity contribution in [3.05, 3.63) is 47.5 Å². The van der Waals surface area contributed by atoms with Gasteiger partial charge in [0.2, 0.25) is 5.75 Å². The van der Waals surface area contributed by atoms with Gasteiger partial charge >= 0.3 is 0 Å². The largest absolute Gasteiger partial charge is 0.542 e. The molecule has 183 valence electrons. The van der Waals surface area contributed by atoms with E-state index in [0.717, 1.165) is 22.6 Å². The Morgan fingerprint density at radius 2 is 1.44 bits per heavy atom. The highest BCUT2D eigenvalue weighted by Crippen LogP contribution is 2.52. The zero-order valence-electron chi connectivity index (χ0n) is 21.5. The quantitative estimate of drug-likeness (QED) is 0.288. The number of rotatable bonds is 8. The van der Waals surface area contributed by atoms with Crippen LogP contribution in [0.4, 0.5) is 5.69 Å². The number of ether oxygens (including phenoxy) is 4. The average Bonchev–Trinajstić information content (AvgIpc) is 2.79. The number of benzene rings is 2. The van der Waals surface area contributed by atoms with Crippen molar-refractivity contribution in [2.45, 2.75) is 45.3 Å². The topological polar surface area (TPSA) is 66.5 Å². The van der Waals surface area contributed by atoms with E-state index in [1.54, 1.807) is 45.5 Å². The highest BCUT2D eigenvalue weighted by Gasteiger charge is 2.46. The minimum absolute atomic E-state index is 0.170. The van der Waals surface area contributed by atoms with Gasteiger partial charge in [-0.25, -0.2) is 0 Å². The summed E-state index contributed by atoms with van der Waals surface area (Å²) in [6.45, 7) is 14.6. The van der Waals surface area contributed by atoms with Gasteiger partial charge in [-0.1, -0.05) is 27.4 Å². The summed E-state index contributed by atoms with van der Waals surface area (Å²) < 4.78 is 28.6. The molecular weight excluding hydrogens is 450 g/mol. The van der Waals surface area contributed by atoms with Crippen molar-refractivity contribution in [3.8, 4) is 28.7 Å². The molecule has 1 radical (unpaired) electrons. The predicted octanol–water partition coefficient (Wildman–Crippen LogP) is 5.29. The molecule has 0 aliphatic carbocycles. The molecule has 7 nitrogen and oxygen atoms in total.